The molecule has 0 radical (unpaired) electrons. The molecule has 0 aliphatic carbocycles. The van der Waals surface area contributed by atoms with Crippen molar-refractivity contribution in [3.63, 3.8) is 0 Å². The minimum Gasteiger partial charge on any atom is -0.486 e. The number of nitrogens with two attached hydrogens (primary N) is 1. The van der Waals surface area contributed by atoms with E-state index in [1.54, 1.807) is 24.4 Å². The number of nitrogens with one attached hydrogen (secondary N) is 1. The van der Waals surface area contributed by atoms with Crippen molar-refractivity contribution in [1.29, 1.82) is 5.41 Å². The highest BCUT2D eigenvalue weighted by Gasteiger charge is 2.21. The summed E-state index contributed by atoms with van der Waals surface area (Å²) < 4.78 is 6.09. The minimum atomic E-state index is -0.416. The summed E-state index contributed by atoms with van der Waals surface area (Å²) in [7, 11) is 0. The van der Waals surface area contributed by atoms with E-state index in [1.807, 2.05) is 19.1 Å². The molecule has 0 bridgehead atoms. The van der Waals surface area contributed by atoms with E-state index < -0.39 is 6.10 Å². The van der Waals surface area contributed by atoms with Crippen LogP contribution in [0.4, 0.5) is 11.5 Å². The number of piperazine rings is 1. The maximum absolute atomic E-state index is 8.77. The highest BCUT2D eigenvalue weighted by Crippen LogP contribution is 2.33. The van der Waals surface area contributed by atoms with Gasteiger partial charge in [0, 0.05) is 73.2 Å². The van der Waals surface area contributed by atoms with Crippen LogP contribution in [0.25, 0.3) is 0 Å². The molecule has 1 aromatic carbocycles. The summed E-state index contributed by atoms with van der Waals surface area (Å²) in [4.78, 5) is 13.4. The van der Waals surface area contributed by atoms with E-state index in [0.29, 0.717) is 44.2 Å². The minimum absolute atomic E-state index is 0.282. The Morgan fingerprint density at radius 1 is 1.00 bits per heavy atom. The molecule has 0 saturated carbocycles. The van der Waals surface area contributed by atoms with Gasteiger partial charge >= 0.3 is 0 Å². The molecular formula is C26H30Cl2N6O. The zero-order chi connectivity index (χ0) is 25.1. The SMILES string of the molecule is CC(C)N1CCN(c2ccc(C(=N)c3cc(O[C@H](C)c4c(Cl)cncc4Cl)ccc3N)cn2)CC1. The molecule has 1 saturated heterocycles. The monoisotopic (exact) mass is 512 g/mol. The summed E-state index contributed by atoms with van der Waals surface area (Å²) in [6, 6.07) is 9.71. The van der Waals surface area contributed by atoms with Gasteiger partial charge in [-0.25, -0.2) is 4.98 Å². The van der Waals surface area contributed by atoms with Crippen LogP contribution >= 0.6 is 23.2 Å². The molecule has 1 aliphatic rings. The maximum atomic E-state index is 8.77. The van der Waals surface area contributed by atoms with Crippen LogP contribution in [0.3, 0.4) is 0 Å². The Morgan fingerprint density at radius 3 is 2.29 bits per heavy atom. The summed E-state index contributed by atoms with van der Waals surface area (Å²) in [6.07, 6.45) is 4.39. The van der Waals surface area contributed by atoms with E-state index in [1.165, 1.54) is 12.4 Å². The van der Waals surface area contributed by atoms with Crippen molar-refractivity contribution in [2.45, 2.75) is 32.9 Å². The first-order chi connectivity index (χ1) is 16.7. The fourth-order valence-corrected chi connectivity index (χ4v) is 4.91. The topological polar surface area (TPSA) is 91.4 Å². The van der Waals surface area contributed by atoms with E-state index in [4.69, 9.17) is 39.1 Å². The largest absolute Gasteiger partial charge is 0.486 e. The third-order valence-electron chi connectivity index (χ3n) is 6.31. The molecule has 7 nitrogen and oxygen atoms in total. The fourth-order valence-electron chi connectivity index (χ4n) is 4.24. The Hall–Kier alpha value is -2.87. The van der Waals surface area contributed by atoms with Crippen LogP contribution in [0.5, 0.6) is 5.75 Å². The van der Waals surface area contributed by atoms with Crippen molar-refractivity contribution in [3.05, 3.63) is 75.7 Å². The van der Waals surface area contributed by atoms with E-state index in [2.05, 4.69) is 33.6 Å². The quantitative estimate of drug-likeness (QED) is 0.323. The average Bonchev–Trinajstić information content (AvgIpc) is 2.85. The number of hydrogen-bond acceptors (Lipinski definition) is 7. The number of pyridine rings is 2. The third kappa shape index (κ3) is 5.69. The first-order valence-corrected chi connectivity index (χ1v) is 12.4. The zero-order valence-electron chi connectivity index (χ0n) is 20.1. The number of nitrogen functional groups attached to an aromatic ring is 1. The van der Waals surface area contributed by atoms with Gasteiger partial charge in [-0.15, -0.1) is 0 Å². The number of hydrogen-bond donors (Lipinski definition) is 2. The fraction of sp³-hybridized carbons (Fsp3) is 0.346. The molecule has 0 unspecified atom stereocenters. The molecule has 1 fully saturated rings. The molecular weight excluding hydrogens is 483 g/mol. The van der Waals surface area contributed by atoms with Crippen LogP contribution in [0.1, 0.15) is 43.6 Å². The molecule has 184 valence electrons. The van der Waals surface area contributed by atoms with Gasteiger partial charge in [0.15, 0.2) is 0 Å². The van der Waals surface area contributed by atoms with E-state index >= 15 is 0 Å². The normalized spacial score (nSPS) is 15.3. The van der Waals surface area contributed by atoms with E-state index in [-0.39, 0.29) is 5.71 Å². The van der Waals surface area contributed by atoms with Gasteiger partial charge in [-0.3, -0.25) is 15.3 Å². The van der Waals surface area contributed by atoms with Crippen LogP contribution in [0.15, 0.2) is 48.9 Å². The van der Waals surface area contributed by atoms with E-state index in [9.17, 15) is 0 Å². The molecule has 0 spiro atoms. The second kappa shape index (κ2) is 10.8. The van der Waals surface area contributed by atoms with Gasteiger partial charge in [0.1, 0.15) is 17.7 Å². The lowest BCUT2D eigenvalue weighted by Gasteiger charge is -2.37. The Bertz CT molecular complexity index is 1170. The smallest absolute Gasteiger partial charge is 0.128 e. The van der Waals surface area contributed by atoms with Crippen molar-refractivity contribution in [2.75, 3.05) is 36.8 Å². The highest BCUT2D eigenvalue weighted by atomic mass is 35.5. The summed E-state index contributed by atoms with van der Waals surface area (Å²) in [5, 5.41) is 9.64. The van der Waals surface area contributed by atoms with Crippen LogP contribution < -0.4 is 15.4 Å². The van der Waals surface area contributed by atoms with E-state index in [0.717, 1.165) is 32.0 Å². The molecule has 3 N–H and O–H groups in total. The van der Waals surface area contributed by atoms with Crippen LogP contribution in [0, 0.1) is 5.41 Å². The Balaban J connectivity index is 1.48. The van der Waals surface area contributed by atoms with Crippen molar-refractivity contribution in [1.82, 2.24) is 14.9 Å². The summed E-state index contributed by atoms with van der Waals surface area (Å²) in [6.45, 7) is 10.2. The van der Waals surface area contributed by atoms with Gasteiger partial charge in [0.05, 0.1) is 15.8 Å². The van der Waals surface area contributed by atoms with Gasteiger partial charge in [0.25, 0.3) is 0 Å². The van der Waals surface area contributed by atoms with Crippen LogP contribution in [-0.2, 0) is 0 Å². The lowest BCUT2D eigenvalue weighted by atomic mass is 10.0. The maximum Gasteiger partial charge on any atom is 0.128 e. The Kier molecular flexibility index (Phi) is 7.79. The lowest BCUT2D eigenvalue weighted by molar-refractivity contribution is 0.209. The number of benzene rings is 1. The molecule has 9 heteroatoms. The summed E-state index contributed by atoms with van der Waals surface area (Å²) in [5.41, 5.74) is 8.91. The molecule has 3 heterocycles. The predicted molar refractivity (Wildman–Crippen MR) is 143 cm³/mol. The molecule has 2 aromatic heterocycles. The molecule has 0 amide bonds. The van der Waals surface area contributed by atoms with Gasteiger partial charge in [-0.1, -0.05) is 23.2 Å². The van der Waals surface area contributed by atoms with Gasteiger partial charge in [-0.05, 0) is 51.1 Å². The van der Waals surface area contributed by atoms with Crippen LogP contribution in [0.2, 0.25) is 10.0 Å². The number of halogens is 2. The Labute approximate surface area is 216 Å². The zero-order valence-corrected chi connectivity index (χ0v) is 21.6. The third-order valence-corrected chi connectivity index (χ3v) is 6.91. The predicted octanol–water partition coefficient (Wildman–Crippen LogP) is 5.45. The standard InChI is InChI=1S/C26H30Cl2N6O/c1-16(2)33-8-10-34(11-9-33)24-7-4-18(13-32-24)26(30)20-12-19(5-6-23(20)29)35-17(3)25-21(27)14-31-15-22(25)28/h4-7,12-17,30H,8-11,29H2,1-3H3/t17-/m1/s1. The van der Waals surface area contributed by atoms with Crippen LogP contribution in [-0.4, -0.2) is 52.8 Å². The highest BCUT2D eigenvalue weighted by molar-refractivity contribution is 6.35. The molecule has 3 aromatic rings. The molecule has 1 atom stereocenters. The van der Waals surface area contributed by atoms with Gasteiger partial charge < -0.3 is 15.4 Å². The first-order valence-electron chi connectivity index (χ1n) is 11.6. The van der Waals surface area contributed by atoms with Gasteiger partial charge in [0.2, 0.25) is 0 Å². The van der Waals surface area contributed by atoms with Crippen molar-refractivity contribution in [3.8, 4) is 5.75 Å². The molecule has 35 heavy (non-hydrogen) atoms. The number of rotatable bonds is 7. The second-order valence-corrected chi connectivity index (χ2v) is 9.74. The lowest BCUT2D eigenvalue weighted by Crippen LogP contribution is -2.49. The van der Waals surface area contributed by atoms with Crippen molar-refractivity contribution < 1.29 is 4.74 Å². The second-order valence-electron chi connectivity index (χ2n) is 8.92. The number of anilines is 2. The van der Waals surface area contributed by atoms with Crippen molar-refractivity contribution >= 4 is 40.4 Å². The average molecular weight is 513 g/mol. The number of nitrogens with zero attached hydrogens (tertiary/aromatic N) is 4. The summed E-state index contributed by atoms with van der Waals surface area (Å²) >= 11 is 12.5. The number of aromatic nitrogens is 2. The Morgan fingerprint density at radius 2 is 1.69 bits per heavy atom. The number of ether oxygens (including phenoxy) is 1. The summed E-state index contributed by atoms with van der Waals surface area (Å²) in [5.74, 6) is 1.48. The molecule has 1 aliphatic heterocycles. The first kappa shape index (κ1) is 25.2. The molecule has 4 rings (SSSR count). The van der Waals surface area contributed by atoms with Gasteiger partial charge in [-0.2, -0.15) is 0 Å². The van der Waals surface area contributed by atoms with Crippen molar-refractivity contribution in [2.24, 2.45) is 0 Å².